The lowest BCUT2D eigenvalue weighted by Crippen LogP contribution is -2.44. The second kappa shape index (κ2) is 7.51. The molecule has 0 aliphatic heterocycles. The summed E-state index contributed by atoms with van der Waals surface area (Å²) in [6.45, 7) is 7.51. The van der Waals surface area contributed by atoms with Crippen molar-refractivity contribution >= 4 is 11.9 Å². The van der Waals surface area contributed by atoms with Crippen molar-refractivity contribution in [3.63, 3.8) is 0 Å². The van der Waals surface area contributed by atoms with Crippen molar-refractivity contribution in [1.29, 1.82) is 0 Å². The topological polar surface area (TPSA) is 84.2 Å². The number of carbonyl (C=O) groups excluding carboxylic acids is 1. The van der Waals surface area contributed by atoms with Crippen LogP contribution in [0.25, 0.3) is 5.69 Å². The molecule has 1 aromatic carbocycles. The zero-order valence-electron chi connectivity index (χ0n) is 15.2. The van der Waals surface area contributed by atoms with Crippen molar-refractivity contribution in [3.8, 4) is 5.69 Å². The lowest BCUT2D eigenvalue weighted by Gasteiger charge is -2.25. The summed E-state index contributed by atoms with van der Waals surface area (Å²) in [5.74, 6) is -0.993. The molecule has 0 saturated carbocycles. The van der Waals surface area contributed by atoms with Crippen LogP contribution in [0, 0.1) is 13.8 Å². The highest BCUT2D eigenvalue weighted by atomic mass is 16.4. The van der Waals surface area contributed by atoms with E-state index >= 15 is 0 Å². The lowest BCUT2D eigenvalue weighted by atomic mass is 9.97. The molecule has 1 amide bonds. The van der Waals surface area contributed by atoms with E-state index in [4.69, 9.17) is 5.11 Å². The van der Waals surface area contributed by atoms with Gasteiger partial charge in [-0.15, -0.1) is 0 Å². The number of carbonyl (C=O) groups is 2. The Morgan fingerprint density at radius 3 is 2.44 bits per heavy atom. The van der Waals surface area contributed by atoms with Crippen LogP contribution in [0.4, 0.5) is 0 Å². The quantitative estimate of drug-likeness (QED) is 0.810. The molecule has 1 heterocycles. The van der Waals surface area contributed by atoms with Gasteiger partial charge in [0.15, 0.2) is 0 Å². The minimum absolute atomic E-state index is 0.0251. The van der Waals surface area contributed by atoms with Crippen LogP contribution in [-0.4, -0.2) is 32.3 Å². The van der Waals surface area contributed by atoms with Crippen LogP contribution in [0.5, 0.6) is 0 Å². The van der Waals surface area contributed by atoms with Gasteiger partial charge in [-0.05, 0) is 46.2 Å². The van der Waals surface area contributed by atoms with Gasteiger partial charge in [-0.2, -0.15) is 5.10 Å². The third-order valence-electron chi connectivity index (χ3n) is 4.22. The number of rotatable bonds is 7. The molecule has 2 N–H and O–H groups in total. The minimum atomic E-state index is -0.863. The van der Waals surface area contributed by atoms with Gasteiger partial charge in [0.1, 0.15) is 0 Å². The van der Waals surface area contributed by atoms with Crippen LogP contribution in [-0.2, 0) is 16.0 Å². The largest absolute Gasteiger partial charge is 0.481 e. The molecule has 2 rings (SSSR count). The molecule has 6 heteroatoms. The maximum Gasteiger partial charge on any atom is 0.303 e. The van der Waals surface area contributed by atoms with Gasteiger partial charge < -0.3 is 10.4 Å². The first-order valence-corrected chi connectivity index (χ1v) is 8.33. The van der Waals surface area contributed by atoms with E-state index in [0.29, 0.717) is 6.42 Å². The molecule has 0 radical (unpaired) electrons. The fourth-order valence-corrected chi connectivity index (χ4v) is 2.82. The summed E-state index contributed by atoms with van der Waals surface area (Å²) in [6.07, 6.45) is 0.633. The van der Waals surface area contributed by atoms with Crippen LogP contribution in [0.2, 0.25) is 0 Å². The number of aryl methyl sites for hydroxylation is 1. The summed E-state index contributed by atoms with van der Waals surface area (Å²) in [7, 11) is 0. The van der Waals surface area contributed by atoms with E-state index in [9.17, 15) is 9.59 Å². The summed E-state index contributed by atoms with van der Waals surface area (Å²) >= 11 is 0. The molecule has 134 valence electrons. The number of nitrogens with zero attached hydrogens (tertiary/aromatic N) is 2. The molecule has 1 aromatic heterocycles. The van der Waals surface area contributed by atoms with Gasteiger partial charge in [0.25, 0.3) is 0 Å². The molecule has 0 bridgehead atoms. The Labute approximate surface area is 147 Å². The second-order valence-electron chi connectivity index (χ2n) is 6.90. The van der Waals surface area contributed by atoms with Crippen molar-refractivity contribution < 1.29 is 14.7 Å². The number of carboxylic acid groups (broad SMARTS) is 1. The minimum Gasteiger partial charge on any atom is -0.481 e. The summed E-state index contributed by atoms with van der Waals surface area (Å²) in [4.78, 5) is 23.2. The Bertz CT molecular complexity index is 764. The van der Waals surface area contributed by atoms with E-state index < -0.39 is 11.5 Å². The monoisotopic (exact) mass is 343 g/mol. The van der Waals surface area contributed by atoms with Gasteiger partial charge in [0.2, 0.25) is 5.91 Å². The SMILES string of the molecule is Cc1nn(-c2ccccc2)c(C)c1CC(=O)NC(C)(C)CCC(=O)O. The molecule has 0 unspecified atom stereocenters. The van der Waals surface area contributed by atoms with E-state index in [1.165, 1.54) is 0 Å². The molecular formula is C19H25N3O3. The predicted molar refractivity (Wildman–Crippen MR) is 95.8 cm³/mol. The van der Waals surface area contributed by atoms with Gasteiger partial charge in [0, 0.05) is 23.2 Å². The first-order chi connectivity index (χ1) is 11.7. The van der Waals surface area contributed by atoms with E-state index in [1.807, 2.05) is 62.7 Å². The van der Waals surface area contributed by atoms with Crippen LogP contribution < -0.4 is 5.32 Å². The number of carboxylic acids is 1. The highest BCUT2D eigenvalue weighted by Gasteiger charge is 2.23. The van der Waals surface area contributed by atoms with Crippen molar-refractivity contribution in [3.05, 3.63) is 47.3 Å². The highest BCUT2D eigenvalue weighted by Crippen LogP contribution is 2.19. The molecule has 0 aliphatic rings. The van der Waals surface area contributed by atoms with E-state index in [2.05, 4.69) is 10.4 Å². The number of aromatic nitrogens is 2. The van der Waals surface area contributed by atoms with Crippen molar-refractivity contribution in [2.45, 2.75) is 52.5 Å². The van der Waals surface area contributed by atoms with Crippen LogP contribution in [0.3, 0.4) is 0 Å². The van der Waals surface area contributed by atoms with Crippen LogP contribution in [0.15, 0.2) is 30.3 Å². The highest BCUT2D eigenvalue weighted by molar-refractivity contribution is 5.80. The van der Waals surface area contributed by atoms with Crippen LogP contribution in [0.1, 0.15) is 43.6 Å². The average Bonchev–Trinajstić information content (AvgIpc) is 2.81. The van der Waals surface area contributed by atoms with Gasteiger partial charge in [-0.1, -0.05) is 18.2 Å². The molecule has 0 spiro atoms. The molecule has 0 fully saturated rings. The lowest BCUT2D eigenvalue weighted by molar-refractivity contribution is -0.137. The van der Waals surface area contributed by atoms with Gasteiger partial charge in [-0.25, -0.2) is 4.68 Å². The third-order valence-corrected chi connectivity index (χ3v) is 4.22. The smallest absolute Gasteiger partial charge is 0.303 e. The van der Waals surface area contributed by atoms with Crippen LogP contribution >= 0.6 is 0 Å². The average molecular weight is 343 g/mol. The Hall–Kier alpha value is -2.63. The molecule has 0 aliphatic carbocycles. The van der Waals surface area contributed by atoms with Crippen molar-refractivity contribution in [2.24, 2.45) is 0 Å². The van der Waals surface area contributed by atoms with Gasteiger partial charge in [0.05, 0.1) is 17.8 Å². The summed E-state index contributed by atoms with van der Waals surface area (Å²) < 4.78 is 1.84. The number of amides is 1. The van der Waals surface area contributed by atoms with E-state index in [1.54, 1.807) is 0 Å². The Balaban J connectivity index is 2.11. The van der Waals surface area contributed by atoms with E-state index in [-0.39, 0.29) is 18.7 Å². The maximum absolute atomic E-state index is 12.4. The summed E-state index contributed by atoms with van der Waals surface area (Å²) in [6, 6.07) is 9.78. The van der Waals surface area contributed by atoms with Gasteiger partial charge in [-0.3, -0.25) is 9.59 Å². The first-order valence-electron chi connectivity index (χ1n) is 8.33. The number of para-hydroxylation sites is 1. The number of hydrogen-bond acceptors (Lipinski definition) is 3. The summed E-state index contributed by atoms with van der Waals surface area (Å²) in [5, 5.41) is 16.3. The molecule has 25 heavy (non-hydrogen) atoms. The zero-order valence-corrected chi connectivity index (χ0v) is 15.2. The normalized spacial score (nSPS) is 11.4. The number of aliphatic carboxylic acids is 1. The fraction of sp³-hybridized carbons (Fsp3) is 0.421. The molecular weight excluding hydrogens is 318 g/mol. The fourth-order valence-electron chi connectivity index (χ4n) is 2.82. The number of nitrogens with one attached hydrogen (secondary N) is 1. The van der Waals surface area contributed by atoms with Gasteiger partial charge >= 0.3 is 5.97 Å². The predicted octanol–water partition coefficient (Wildman–Crippen LogP) is 2.79. The third kappa shape index (κ3) is 4.92. The molecule has 0 atom stereocenters. The number of hydrogen-bond donors (Lipinski definition) is 2. The van der Waals surface area contributed by atoms with Crippen molar-refractivity contribution in [1.82, 2.24) is 15.1 Å². The molecule has 6 nitrogen and oxygen atoms in total. The second-order valence-corrected chi connectivity index (χ2v) is 6.90. The maximum atomic E-state index is 12.4. The Morgan fingerprint density at radius 2 is 1.84 bits per heavy atom. The molecule has 0 saturated heterocycles. The van der Waals surface area contributed by atoms with Crippen molar-refractivity contribution in [2.75, 3.05) is 0 Å². The Kier molecular flexibility index (Phi) is 5.62. The number of benzene rings is 1. The molecule has 2 aromatic rings. The summed E-state index contributed by atoms with van der Waals surface area (Å²) in [5.41, 5.74) is 3.04. The first kappa shape index (κ1) is 18.7. The van der Waals surface area contributed by atoms with E-state index in [0.717, 1.165) is 22.6 Å². The standard InChI is InChI=1S/C19H25N3O3/c1-13-16(12-17(23)20-19(3,4)11-10-18(24)25)14(2)22(21-13)15-8-6-5-7-9-15/h5-9H,10-12H2,1-4H3,(H,20,23)(H,24,25). The zero-order chi connectivity index (χ0) is 18.6. The Morgan fingerprint density at radius 1 is 1.20 bits per heavy atom.